The van der Waals surface area contributed by atoms with Crippen LogP contribution in [0.25, 0.3) is 11.1 Å². The van der Waals surface area contributed by atoms with E-state index in [2.05, 4.69) is 21.3 Å². The van der Waals surface area contributed by atoms with Crippen molar-refractivity contribution in [2.24, 2.45) is 11.7 Å². The number of carboxylic acid groups (broad SMARTS) is 1. The van der Waals surface area contributed by atoms with Gasteiger partial charge in [0.2, 0.25) is 23.6 Å². The van der Waals surface area contributed by atoms with Crippen LogP contribution >= 0.6 is 0 Å². The largest absolute Gasteiger partial charge is 0.481 e. The van der Waals surface area contributed by atoms with Crippen LogP contribution in [-0.4, -0.2) is 94.5 Å². The van der Waals surface area contributed by atoms with Gasteiger partial charge in [-0.25, -0.2) is 4.79 Å². The van der Waals surface area contributed by atoms with E-state index in [1.807, 2.05) is 48.5 Å². The Hall–Kier alpha value is -5.02. The van der Waals surface area contributed by atoms with Crippen LogP contribution in [0.5, 0.6) is 0 Å². The van der Waals surface area contributed by atoms with Gasteiger partial charge >= 0.3 is 12.1 Å². The highest BCUT2D eigenvalue weighted by Gasteiger charge is 2.34. The number of carbonyl (C=O) groups excluding carboxylic acids is 5. The molecule has 254 valence electrons. The summed E-state index contributed by atoms with van der Waals surface area (Å²) in [5, 5.41) is 38.1. The maximum Gasteiger partial charge on any atom is 0.407 e. The second-order valence-corrected chi connectivity index (χ2v) is 11.7. The van der Waals surface area contributed by atoms with Crippen molar-refractivity contribution >= 4 is 35.7 Å². The summed E-state index contributed by atoms with van der Waals surface area (Å²) in [7, 11) is 0. The summed E-state index contributed by atoms with van der Waals surface area (Å²) in [6.07, 6.45) is -3.24. The molecule has 0 spiro atoms. The normalized spacial score (nSPS) is 15.2. The first-order valence-electron chi connectivity index (χ1n) is 15.1. The second kappa shape index (κ2) is 16.5. The number of alkyl carbamates (subject to hydrolysis) is 1. The smallest absolute Gasteiger partial charge is 0.407 e. The Labute approximate surface area is 271 Å². The molecule has 0 unspecified atom stereocenters. The van der Waals surface area contributed by atoms with Crippen LogP contribution in [0, 0.1) is 5.92 Å². The number of hydrogen-bond acceptors (Lipinski definition) is 9. The molecule has 15 heteroatoms. The third kappa shape index (κ3) is 9.73. The number of nitrogens with one attached hydrogen (secondary N) is 4. The average molecular weight is 656 g/mol. The number of carbonyl (C=O) groups is 6. The molecule has 47 heavy (non-hydrogen) atoms. The van der Waals surface area contributed by atoms with E-state index in [9.17, 15) is 44.1 Å². The summed E-state index contributed by atoms with van der Waals surface area (Å²) < 4.78 is 5.41. The number of hydrogen-bond donors (Lipinski definition) is 8. The van der Waals surface area contributed by atoms with Crippen molar-refractivity contribution in [3.05, 3.63) is 59.7 Å². The Morgan fingerprint density at radius 1 is 0.787 bits per heavy atom. The third-order valence-corrected chi connectivity index (χ3v) is 7.57. The molecule has 15 nitrogen and oxygen atoms in total. The molecule has 2 aromatic rings. The van der Waals surface area contributed by atoms with Crippen LogP contribution in [0.2, 0.25) is 0 Å². The summed E-state index contributed by atoms with van der Waals surface area (Å²) in [4.78, 5) is 75.0. The average Bonchev–Trinajstić information content (AvgIpc) is 3.33. The lowest BCUT2D eigenvalue weighted by Gasteiger charge is -2.26. The third-order valence-electron chi connectivity index (χ3n) is 7.57. The zero-order valence-electron chi connectivity index (χ0n) is 26.3. The number of aliphatic hydroxyl groups is 2. The number of aliphatic carboxylic acids is 1. The number of benzene rings is 2. The molecule has 1 aliphatic carbocycles. The van der Waals surface area contributed by atoms with E-state index >= 15 is 0 Å². The monoisotopic (exact) mass is 655 g/mol. The molecule has 0 radical (unpaired) electrons. The van der Waals surface area contributed by atoms with Crippen LogP contribution in [-0.2, 0) is 28.7 Å². The van der Waals surface area contributed by atoms with Crippen LogP contribution in [0.1, 0.15) is 50.7 Å². The zero-order chi connectivity index (χ0) is 34.8. The van der Waals surface area contributed by atoms with Gasteiger partial charge in [-0.05, 0) is 41.5 Å². The fourth-order valence-electron chi connectivity index (χ4n) is 5.29. The van der Waals surface area contributed by atoms with Crippen molar-refractivity contribution in [3.63, 3.8) is 0 Å². The van der Waals surface area contributed by atoms with Crippen LogP contribution < -0.4 is 27.0 Å². The van der Waals surface area contributed by atoms with E-state index in [4.69, 9.17) is 10.5 Å². The topological polar surface area (TPSA) is 246 Å². The molecule has 0 aliphatic heterocycles. The highest BCUT2D eigenvalue weighted by molar-refractivity contribution is 5.96. The van der Waals surface area contributed by atoms with E-state index < -0.39 is 79.0 Å². The van der Waals surface area contributed by atoms with Gasteiger partial charge in [0.15, 0.2) is 0 Å². The van der Waals surface area contributed by atoms with Crippen molar-refractivity contribution in [3.8, 4) is 11.1 Å². The molecule has 0 saturated carbocycles. The van der Waals surface area contributed by atoms with Gasteiger partial charge in [0.25, 0.3) is 0 Å². The highest BCUT2D eigenvalue weighted by atomic mass is 16.5. The molecule has 0 aromatic heterocycles. The van der Waals surface area contributed by atoms with Crippen LogP contribution in [0.15, 0.2) is 48.5 Å². The Bertz CT molecular complexity index is 1430. The van der Waals surface area contributed by atoms with Crippen LogP contribution in [0.3, 0.4) is 0 Å². The summed E-state index contributed by atoms with van der Waals surface area (Å²) in [5.74, 6) is -5.95. The van der Waals surface area contributed by atoms with Crippen molar-refractivity contribution in [2.75, 3.05) is 13.2 Å². The number of rotatable bonds is 16. The highest BCUT2D eigenvalue weighted by Crippen LogP contribution is 2.44. The second-order valence-electron chi connectivity index (χ2n) is 11.7. The molecule has 2 aromatic carbocycles. The minimum Gasteiger partial charge on any atom is -0.481 e. The first-order chi connectivity index (χ1) is 22.2. The van der Waals surface area contributed by atoms with Gasteiger partial charge in [-0.3, -0.25) is 24.0 Å². The lowest BCUT2D eigenvalue weighted by atomic mass is 9.98. The maximum absolute atomic E-state index is 13.2. The molecule has 0 saturated heterocycles. The molecule has 9 N–H and O–H groups in total. The maximum atomic E-state index is 13.2. The SMILES string of the molecule is CC(C)C[C@H](NC(=O)[C@H](CC(=O)O)NC(=O)[C@H](CO)NC(=O)OCC1c2ccccc2-c2ccccc21)C(=O)N[C@H](C(N)=O)[C@@H](C)O. The van der Waals surface area contributed by atoms with Crippen LogP contribution in [0.4, 0.5) is 4.79 Å². The van der Waals surface area contributed by atoms with Crippen molar-refractivity contribution in [1.29, 1.82) is 0 Å². The fourth-order valence-corrected chi connectivity index (χ4v) is 5.29. The number of nitrogens with two attached hydrogens (primary N) is 1. The van der Waals surface area contributed by atoms with E-state index in [0.717, 1.165) is 22.3 Å². The number of ether oxygens (including phenoxy) is 1. The standard InChI is InChI=1S/C32H41N5O10/c1-16(2)12-23(30(44)37-27(17(3)39)28(33)42)34-29(43)24(13-26(40)41)35-31(45)25(14-38)36-32(46)47-15-22-20-10-6-4-8-18(20)19-9-5-7-11-21(19)22/h4-11,16-17,22-25,27,38-39H,12-15H2,1-3H3,(H2,33,42)(H,34,43)(H,35,45)(H,36,46)(H,37,44)(H,40,41)/t17-,23+,24+,25+,27+/m1/s1. The van der Waals surface area contributed by atoms with Gasteiger partial charge in [0, 0.05) is 5.92 Å². The Morgan fingerprint density at radius 3 is 1.79 bits per heavy atom. The predicted octanol–water partition coefficient (Wildman–Crippen LogP) is -0.273. The van der Waals surface area contributed by atoms with Gasteiger partial charge < -0.3 is 47.1 Å². The molecule has 0 heterocycles. The summed E-state index contributed by atoms with van der Waals surface area (Å²) >= 11 is 0. The fraction of sp³-hybridized carbons (Fsp3) is 0.438. The van der Waals surface area contributed by atoms with Crippen molar-refractivity contribution < 1.29 is 48.8 Å². The number of amides is 5. The van der Waals surface area contributed by atoms with Gasteiger partial charge in [0.1, 0.15) is 30.8 Å². The van der Waals surface area contributed by atoms with E-state index in [0.29, 0.717) is 0 Å². The molecule has 0 fully saturated rings. The number of primary amides is 1. The van der Waals surface area contributed by atoms with Gasteiger partial charge in [-0.15, -0.1) is 0 Å². The number of fused-ring (bicyclic) bond motifs is 3. The first-order valence-corrected chi connectivity index (χ1v) is 15.1. The van der Waals surface area contributed by atoms with E-state index in [1.165, 1.54) is 6.92 Å². The summed E-state index contributed by atoms with van der Waals surface area (Å²) in [6.45, 7) is 3.73. The molecular formula is C32H41N5O10. The first kappa shape index (κ1) is 36.4. The summed E-state index contributed by atoms with van der Waals surface area (Å²) in [5.41, 5.74) is 9.18. The van der Waals surface area contributed by atoms with E-state index in [1.54, 1.807) is 13.8 Å². The molecule has 5 atom stereocenters. The molecule has 1 aliphatic rings. The summed E-state index contributed by atoms with van der Waals surface area (Å²) in [6, 6.07) is 9.24. The lowest BCUT2D eigenvalue weighted by Crippen LogP contribution is -2.60. The number of carboxylic acids is 1. The Balaban J connectivity index is 1.66. The van der Waals surface area contributed by atoms with Gasteiger partial charge in [-0.1, -0.05) is 62.4 Å². The van der Waals surface area contributed by atoms with E-state index in [-0.39, 0.29) is 24.9 Å². The quantitative estimate of drug-likeness (QED) is 0.118. The van der Waals surface area contributed by atoms with Gasteiger partial charge in [0.05, 0.1) is 19.1 Å². The van der Waals surface area contributed by atoms with Crippen molar-refractivity contribution in [2.45, 2.75) is 69.8 Å². The predicted molar refractivity (Wildman–Crippen MR) is 167 cm³/mol. The Kier molecular flexibility index (Phi) is 12.8. The number of aliphatic hydroxyl groups excluding tert-OH is 2. The molecular weight excluding hydrogens is 614 g/mol. The lowest BCUT2D eigenvalue weighted by molar-refractivity contribution is -0.141. The molecule has 5 amide bonds. The Morgan fingerprint density at radius 2 is 1.30 bits per heavy atom. The van der Waals surface area contributed by atoms with Crippen molar-refractivity contribution in [1.82, 2.24) is 21.3 Å². The molecule has 0 bridgehead atoms. The minimum atomic E-state index is -1.73. The minimum absolute atomic E-state index is 0.0409. The molecule has 3 rings (SSSR count). The van der Waals surface area contributed by atoms with Gasteiger partial charge in [-0.2, -0.15) is 0 Å². The zero-order valence-corrected chi connectivity index (χ0v) is 26.3.